The average molecular weight is 305 g/mol. The molecule has 6 heteroatoms. The molecule has 0 radical (unpaired) electrons. The summed E-state index contributed by atoms with van der Waals surface area (Å²) in [6, 6.07) is 4.92. The summed E-state index contributed by atoms with van der Waals surface area (Å²) in [5.41, 5.74) is -0.504. The fourth-order valence-electron chi connectivity index (χ4n) is 1.83. The lowest BCUT2D eigenvalue weighted by molar-refractivity contribution is 0.404. The van der Waals surface area contributed by atoms with Gasteiger partial charge in [-0.15, -0.1) is 11.6 Å². The van der Waals surface area contributed by atoms with E-state index in [4.69, 9.17) is 16.3 Å². The summed E-state index contributed by atoms with van der Waals surface area (Å²) in [7, 11) is 1.30. The van der Waals surface area contributed by atoms with Gasteiger partial charge in [-0.3, -0.25) is 0 Å². The molecule has 0 aliphatic heterocycles. The summed E-state index contributed by atoms with van der Waals surface area (Å²) in [6.07, 6.45) is 0. The Morgan fingerprint density at radius 2 is 1.60 bits per heavy atom. The van der Waals surface area contributed by atoms with Gasteiger partial charge in [0.1, 0.15) is 17.4 Å². The van der Waals surface area contributed by atoms with Gasteiger partial charge in [0, 0.05) is 11.6 Å². The van der Waals surface area contributed by atoms with Gasteiger partial charge in [-0.25, -0.2) is 17.6 Å². The molecule has 0 fully saturated rings. The standard InChI is InChI=1S/C14H9ClF4O/c1-20-12-4-2-3-8(16)13(12)14(15)7-5-10(18)11(19)6-9(7)17/h2-6,14H,1H3. The first-order valence-electron chi connectivity index (χ1n) is 5.56. The summed E-state index contributed by atoms with van der Waals surface area (Å²) < 4.78 is 58.5. The molecule has 0 N–H and O–H groups in total. The van der Waals surface area contributed by atoms with E-state index in [-0.39, 0.29) is 16.9 Å². The van der Waals surface area contributed by atoms with Crippen molar-refractivity contribution in [3.05, 3.63) is 64.7 Å². The number of methoxy groups -OCH3 is 1. The molecule has 0 aliphatic rings. The lowest BCUT2D eigenvalue weighted by atomic mass is 10.0. The number of ether oxygens (including phenoxy) is 1. The largest absolute Gasteiger partial charge is 0.496 e. The number of rotatable bonds is 3. The molecule has 0 bridgehead atoms. The lowest BCUT2D eigenvalue weighted by Gasteiger charge is -2.16. The van der Waals surface area contributed by atoms with E-state index in [0.29, 0.717) is 12.1 Å². The minimum atomic E-state index is -1.35. The maximum Gasteiger partial charge on any atom is 0.161 e. The van der Waals surface area contributed by atoms with E-state index >= 15 is 0 Å². The smallest absolute Gasteiger partial charge is 0.161 e. The van der Waals surface area contributed by atoms with Gasteiger partial charge in [0.25, 0.3) is 0 Å². The molecule has 1 atom stereocenters. The van der Waals surface area contributed by atoms with E-state index in [1.807, 2.05) is 0 Å². The van der Waals surface area contributed by atoms with Crippen LogP contribution in [0.3, 0.4) is 0 Å². The van der Waals surface area contributed by atoms with Crippen molar-refractivity contribution in [1.29, 1.82) is 0 Å². The predicted molar refractivity (Wildman–Crippen MR) is 67.0 cm³/mol. The second-order valence-electron chi connectivity index (χ2n) is 4.01. The SMILES string of the molecule is COc1cccc(F)c1C(Cl)c1cc(F)c(F)cc1F. The van der Waals surface area contributed by atoms with Crippen molar-refractivity contribution in [3.63, 3.8) is 0 Å². The van der Waals surface area contributed by atoms with Crippen LogP contribution in [0.1, 0.15) is 16.5 Å². The zero-order valence-electron chi connectivity index (χ0n) is 10.3. The Hall–Kier alpha value is -1.75. The van der Waals surface area contributed by atoms with E-state index in [1.54, 1.807) is 0 Å². The number of hydrogen-bond acceptors (Lipinski definition) is 1. The molecular weight excluding hydrogens is 296 g/mol. The van der Waals surface area contributed by atoms with Crippen LogP contribution in [0.2, 0.25) is 0 Å². The van der Waals surface area contributed by atoms with Gasteiger partial charge in [0.2, 0.25) is 0 Å². The summed E-state index contributed by atoms with van der Waals surface area (Å²) in [6.45, 7) is 0. The van der Waals surface area contributed by atoms with Crippen LogP contribution in [0.4, 0.5) is 17.6 Å². The Labute approximate surface area is 117 Å². The van der Waals surface area contributed by atoms with Crippen molar-refractivity contribution in [2.75, 3.05) is 7.11 Å². The normalized spacial score (nSPS) is 12.3. The zero-order valence-corrected chi connectivity index (χ0v) is 11.0. The molecule has 1 nitrogen and oxygen atoms in total. The van der Waals surface area contributed by atoms with Crippen molar-refractivity contribution in [1.82, 2.24) is 0 Å². The molecule has 0 amide bonds. The van der Waals surface area contributed by atoms with Crippen LogP contribution in [0.25, 0.3) is 0 Å². The zero-order chi connectivity index (χ0) is 14.9. The molecule has 0 saturated heterocycles. The number of halogens is 5. The van der Waals surface area contributed by atoms with Crippen molar-refractivity contribution < 1.29 is 22.3 Å². The lowest BCUT2D eigenvalue weighted by Crippen LogP contribution is -2.04. The van der Waals surface area contributed by atoms with Crippen LogP contribution in [0, 0.1) is 23.3 Å². The van der Waals surface area contributed by atoms with Gasteiger partial charge in [0.15, 0.2) is 11.6 Å². The number of alkyl halides is 1. The van der Waals surface area contributed by atoms with Crippen LogP contribution in [0.5, 0.6) is 5.75 Å². The summed E-state index contributed by atoms with van der Waals surface area (Å²) in [4.78, 5) is 0. The molecule has 20 heavy (non-hydrogen) atoms. The van der Waals surface area contributed by atoms with E-state index in [0.717, 1.165) is 6.07 Å². The highest BCUT2D eigenvalue weighted by atomic mass is 35.5. The van der Waals surface area contributed by atoms with Gasteiger partial charge < -0.3 is 4.74 Å². The fourth-order valence-corrected chi connectivity index (χ4v) is 2.21. The third-order valence-corrected chi connectivity index (χ3v) is 3.25. The van der Waals surface area contributed by atoms with Crippen molar-refractivity contribution >= 4 is 11.6 Å². The molecule has 0 aromatic heterocycles. The average Bonchev–Trinajstić information content (AvgIpc) is 2.41. The molecule has 0 spiro atoms. The van der Waals surface area contributed by atoms with Gasteiger partial charge >= 0.3 is 0 Å². The van der Waals surface area contributed by atoms with Crippen LogP contribution < -0.4 is 4.74 Å². The van der Waals surface area contributed by atoms with Crippen molar-refractivity contribution in [2.24, 2.45) is 0 Å². The first kappa shape index (κ1) is 14.7. The molecule has 2 rings (SSSR count). The summed E-state index contributed by atoms with van der Waals surface area (Å²) >= 11 is 6.00. The maximum absolute atomic E-state index is 13.8. The van der Waals surface area contributed by atoms with Crippen molar-refractivity contribution in [3.8, 4) is 5.75 Å². The van der Waals surface area contributed by atoms with Gasteiger partial charge in [0.05, 0.1) is 18.1 Å². The van der Waals surface area contributed by atoms with E-state index < -0.39 is 28.6 Å². The maximum atomic E-state index is 13.8. The molecule has 0 heterocycles. The number of benzene rings is 2. The molecule has 106 valence electrons. The number of hydrogen-bond donors (Lipinski definition) is 0. The molecule has 0 saturated carbocycles. The third-order valence-electron chi connectivity index (χ3n) is 2.80. The van der Waals surface area contributed by atoms with E-state index in [2.05, 4.69) is 0 Å². The van der Waals surface area contributed by atoms with Crippen LogP contribution in [-0.4, -0.2) is 7.11 Å². The molecule has 2 aromatic carbocycles. The quantitative estimate of drug-likeness (QED) is 0.458. The highest BCUT2D eigenvalue weighted by Gasteiger charge is 2.24. The second kappa shape index (κ2) is 5.71. The van der Waals surface area contributed by atoms with Crippen molar-refractivity contribution in [2.45, 2.75) is 5.38 Å². The van der Waals surface area contributed by atoms with Crippen LogP contribution in [0.15, 0.2) is 30.3 Å². The Balaban J connectivity index is 2.57. The summed E-state index contributed by atoms with van der Waals surface area (Å²) in [5.74, 6) is -4.30. The molecular formula is C14H9ClF4O. The first-order chi connectivity index (χ1) is 9.45. The minimum absolute atomic E-state index is 0.0918. The molecule has 0 aliphatic carbocycles. The Bertz CT molecular complexity index is 645. The Morgan fingerprint density at radius 3 is 2.25 bits per heavy atom. The first-order valence-corrected chi connectivity index (χ1v) is 6.00. The molecule has 2 aromatic rings. The van der Waals surface area contributed by atoms with Crippen LogP contribution in [-0.2, 0) is 0 Å². The minimum Gasteiger partial charge on any atom is -0.496 e. The van der Waals surface area contributed by atoms with Gasteiger partial charge in [-0.05, 0) is 18.2 Å². The van der Waals surface area contributed by atoms with Gasteiger partial charge in [-0.2, -0.15) is 0 Å². The second-order valence-corrected chi connectivity index (χ2v) is 4.44. The third kappa shape index (κ3) is 2.58. The Kier molecular flexibility index (Phi) is 4.18. The van der Waals surface area contributed by atoms with E-state index in [1.165, 1.54) is 19.2 Å². The summed E-state index contributed by atoms with van der Waals surface area (Å²) in [5, 5.41) is -1.35. The Morgan fingerprint density at radius 1 is 0.950 bits per heavy atom. The topological polar surface area (TPSA) is 9.23 Å². The fraction of sp³-hybridized carbons (Fsp3) is 0.143. The monoisotopic (exact) mass is 304 g/mol. The van der Waals surface area contributed by atoms with E-state index in [9.17, 15) is 17.6 Å². The highest BCUT2D eigenvalue weighted by molar-refractivity contribution is 6.22. The van der Waals surface area contributed by atoms with Gasteiger partial charge in [-0.1, -0.05) is 6.07 Å². The molecule has 1 unspecified atom stereocenters. The predicted octanol–water partition coefficient (Wildman–Crippen LogP) is 4.58. The van der Waals surface area contributed by atoms with Crippen LogP contribution >= 0.6 is 11.6 Å². The highest BCUT2D eigenvalue weighted by Crippen LogP contribution is 2.38.